The summed E-state index contributed by atoms with van der Waals surface area (Å²) in [6.45, 7) is 7.43. The molecular formula is C14H23N3O2. The first-order chi connectivity index (χ1) is 8.95. The summed E-state index contributed by atoms with van der Waals surface area (Å²) in [6.07, 6.45) is 4.77. The van der Waals surface area contributed by atoms with Crippen LogP contribution in [-0.4, -0.2) is 38.5 Å². The molecule has 0 aliphatic carbocycles. The van der Waals surface area contributed by atoms with E-state index in [0.717, 1.165) is 43.9 Å². The van der Waals surface area contributed by atoms with Gasteiger partial charge in [-0.25, -0.2) is 4.98 Å². The molecule has 106 valence electrons. The van der Waals surface area contributed by atoms with E-state index in [1.165, 1.54) is 0 Å². The van der Waals surface area contributed by atoms with Gasteiger partial charge in [0.1, 0.15) is 5.82 Å². The maximum absolute atomic E-state index is 11.4. The summed E-state index contributed by atoms with van der Waals surface area (Å²) >= 11 is 0. The van der Waals surface area contributed by atoms with Crippen LogP contribution in [0.15, 0.2) is 6.20 Å². The van der Waals surface area contributed by atoms with Crippen LogP contribution in [0.4, 0.5) is 0 Å². The number of rotatable bonds is 5. The molecule has 1 atom stereocenters. The Morgan fingerprint density at radius 2 is 2.37 bits per heavy atom. The Balaban J connectivity index is 2.09. The molecule has 2 heterocycles. The number of nitrogens with zero attached hydrogens (tertiary/aromatic N) is 2. The van der Waals surface area contributed by atoms with Gasteiger partial charge in [-0.1, -0.05) is 6.92 Å². The van der Waals surface area contributed by atoms with Gasteiger partial charge >= 0.3 is 5.97 Å². The van der Waals surface area contributed by atoms with Crippen molar-refractivity contribution < 1.29 is 9.90 Å². The summed E-state index contributed by atoms with van der Waals surface area (Å²) in [6, 6.07) is 0.0957. The molecule has 19 heavy (non-hydrogen) atoms. The van der Waals surface area contributed by atoms with Crippen LogP contribution in [0.5, 0.6) is 0 Å². The van der Waals surface area contributed by atoms with Crippen LogP contribution in [-0.2, 0) is 17.8 Å². The molecule has 5 heteroatoms. The Kier molecular flexibility index (Phi) is 3.94. The van der Waals surface area contributed by atoms with Gasteiger partial charge in [0.25, 0.3) is 0 Å². The fourth-order valence-electron chi connectivity index (χ4n) is 2.86. The van der Waals surface area contributed by atoms with E-state index in [2.05, 4.69) is 21.8 Å². The van der Waals surface area contributed by atoms with E-state index in [0.29, 0.717) is 0 Å². The molecule has 1 aromatic heterocycles. The van der Waals surface area contributed by atoms with Crippen molar-refractivity contribution in [1.29, 1.82) is 0 Å². The van der Waals surface area contributed by atoms with Gasteiger partial charge in [-0.3, -0.25) is 9.69 Å². The first kappa shape index (κ1) is 14.1. The monoisotopic (exact) mass is 265 g/mol. The van der Waals surface area contributed by atoms with Gasteiger partial charge < -0.3 is 10.1 Å². The second-order valence-electron chi connectivity index (χ2n) is 5.86. The summed E-state index contributed by atoms with van der Waals surface area (Å²) in [4.78, 5) is 21.3. The Morgan fingerprint density at radius 1 is 1.63 bits per heavy atom. The Bertz CT molecular complexity index is 453. The van der Waals surface area contributed by atoms with Gasteiger partial charge in [0.05, 0.1) is 5.41 Å². The Labute approximate surface area is 114 Å². The zero-order valence-corrected chi connectivity index (χ0v) is 11.9. The number of H-pyrrole nitrogens is 1. The molecule has 1 aromatic rings. The number of carboxylic acid groups (broad SMARTS) is 1. The minimum absolute atomic E-state index is 0.0957. The molecule has 0 radical (unpaired) electrons. The SMILES string of the molecule is CCc1ncc(CN2CCCC2C(C)(C)C(=O)O)[nH]1. The van der Waals surface area contributed by atoms with Crippen LogP contribution in [0.25, 0.3) is 0 Å². The van der Waals surface area contributed by atoms with Gasteiger partial charge in [-0.15, -0.1) is 0 Å². The fourth-order valence-corrected chi connectivity index (χ4v) is 2.86. The molecule has 1 unspecified atom stereocenters. The zero-order valence-electron chi connectivity index (χ0n) is 11.9. The predicted octanol–water partition coefficient (Wildman–Crippen LogP) is 2.05. The third-order valence-corrected chi connectivity index (χ3v) is 4.14. The van der Waals surface area contributed by atoms with Gasteiger partial charge in [-0.05, 0) is 33.2 Å². The number of likely N-dealkylation sites (tertiary alicyclic amines) is 1. The number of carboxylic acids is 1. The number of imidazole rings is 1. The van der Waals surface area contributed by atoms with Crippen LogP contribution in [0, 0.1) is 5.41 Å². The second-order valence-corrected chi connectivity index (χ2v) is 5.86. The van der Waals surface area contributed by atoms with E-state index >= 15 is 0 Å². The maximum atomic E-state index is 11.4. The van der Waals surface area contributed by atoms with E-state index in [1.54, 1.807) is 0 Å². The average Bonchev–Trinajstić information content (AvgIpc) is 2.98. The van der Waals surface area contributed by atoms with Crippen LogP contribution in [0.3, 0.4) is 0 Å². The smallest absolute Gasteiger partial charge is 0.310 e. The third kappa shape index (κ3) is 2.81. The van der Waals surface area contributed by atoms with Gasteiger partial charge in [0.2, 0.25) is 0 Å². The minimum atomic E-state index is -0.719. The average molecular weight is 265 g/mol. The quantitative estimate of drug-likeness (QED) is 0.855. The lowest BCUT2D eigenvalue weighted by Gasteiger charge is -2.34. The summed E-state index contributed by atoms with van der Waals surface area (Å²) in [5, 5.41) is 9.38. The summed E-state index contributed by atoms with van der Waals surface area (Å²) in [5.41, 5.74) is 0.370. The topological polar surface area (TPSA) is 69.2 Å². The first-order valence-corrected chi connectivity index (χ1v) is 6.95. The highest BCUT2D eigenvalue weighted by Crippen LogP contribution is 2.34. The van der Waals surface area contributed by atoms with Crippen molar-refractivity contribution in [2.75, 3.05) is 6.54 Å². The van der Waals surface area contributed by atoms with E-state index in [9.17, 15) is 9.90 Å². The molecule has 0 bridgehead atoms. The Hall–Kier alpha value is -1.36. The lowest BCUT2D eigenvalue weighted by molar-refractivity contribution is -0.150. The summed E-state index contributed by atoms with van der Waals surface area (Å²) < 4.78 is 0. The lowest BCUT2D eigenvalue weighted by atomic mass is 9.83. The van der Waals surface area contributed by atoms with Crippen molar-refractivity contribution in [3.8, 4) is 0 Å². The minimum Gasteiger partial charge on any atom is -0.481 e. The van der Waals surface area contributed by atoms with Crippen molar-refractivity contribution in [2.45, 2.75) is 52.6 Å². The van der Waals surface area contributed by atoms with Gasteiger partial charge in [0.15, 0.2) is 0 Å². The number of nitrogens with one attached hydrogen (secondary N) is 1. The van der Waals surface area contributed by atoms with Gasteiger partial charge in [-0.2, -0.15) is 0 Å². The summed E-state index contributed by atoms with van der Waals surface area (Å²) in [7, 11) is 0. The second kappa shape index (κ2) is 5.33. The molecule has 2 N–H and O–H groups in total. The highest BCUT2D eigenvalue weighted by atomic mass is 16.4. The molecular weight excluding hydrogens is 242 g/mol. The van der Waals surface area contributed by atoms with E-state index < -0.39 is 11.4 Å². The van der Waals surface area contributed by atoms with Crippen LogP contribution < -0.4 is 0 Å². The highest BCUT2D eigenvalue weighted by Gasteiger charge is 2.42. The number of carbonyl (C=O) groups is 1. The molecule has 1 fully saturated rings. The molecule has 0 amide bonds. The number of aliphatic carboxylic acids is 1. The van der Waals surface area contributed by atoms with Crippen molar-refractivity contribution in [1.82, 2.24) is 14.9 Å². The van der Waals surface area contributed by atoms with E-state index in [1.807, 2.05) is 20.0 Å². The molecule has 2 rings (SSSR count). The number of hydrogen-bond donors (Lipinski definition) is 2. The zero-order chi connectivity index (χ0) is 14.0. The summed E-state index contributed by atoms with van der Waals surface area (Å²) in [5.74, 6) is 0.270. The molecule has 0 aromatic carbocycles. The van der Waals surface area contributed by atoms with Crippen molar-refractivity contribution in [2.24, 2.45) is 5.41 Å². The third-order valence-electron chi connectivity index (χ3n) is 4.14. The van der Waals surface area contributed by atoms with Crippen LogP contribution in [0.2, 0.25) is 0 Å². The standard InChI is InChI=1S/C14H23N3O2/c1-4-12-15-8-10(16-12)9-17-7-5-6-11(17)14(2,3)13(18)19/h8,11H,4-7,9H2,1-3H3,(H,15,16)(H,18,19). The lowest BCUT2D eigenvalue weighted by Crippen LogP contribution is -2.45. The van der Waals surface area contributed by atoms with Crippen molar-refractivity contribution in [3.63, 3.8) is 0 Å². The number of hydrogen-bond acceptors (Lipinski definition) is 3. The number of aromatic nitrogens is 2. The molecule has 1 aliphatic rings. The molecule has 5 nitrogen and oxygen atoms in total. The molecule has 0 saturated carbocycles. The number of aryl methyl sites for hydroxylation is 1. The predicted molar refractivity (Wildman–Crippen MR) is 72.8 cm³/mol. The van der Waals surface area contributed by atoms with Gasteiger partial charge in [0, 0.05) is 30.9 Å². The Morgan fingerprint density at radius 3 is 2.95 bits per heavy atom. The first-order valence-electron chi connectivity index (χ1n) is 6.95. The normalized spacial score (nSPS) is 20.9. The largest absolute Gasteiger partial charge is 0.481 e. The highest BCUT2D eigenvalue weighted by molar-refractivity contribution is 5.74. The maximum Gasteiger partial charge on any atom is 0.310 e. The van der Waals surface area contributed by atoms with Crippen LogP contribution >= 0.6 is 0 Å². The van der Waals surface area contributed by atoms with E-state index in [-0.39, 0.29) is 6.04 Å². The number of aromatic amines is 1. The van der Waals surface area contributed by atoms with Crippen molar-refractivity contribution >= 4 is 5.97 Å². The van der Waals surface area contributed by atoms with E-state index in [4.69, 9.17) is 0 Å². The van der Waals surface area contributed by atoms with Crippen molar-refractivity contribution in [3.05, 3.63) is 17.7 Å². The fraction of sp³-hybridized carbons (Fsp3) is 0.714. The van der Waals surface area contributed by atoms with Crippen LogP contribution in [0.1, 0.15) is 45.1 Å². The molecule has 1 aliphatic heterocycles. The molecule has 1 saturated heterocycles. The molecule has 0 spiro atoms.